The number of hydrogen-bond acceptors (Lipinski definition) is 3. The molecule has 0 spiro atoms. The maximum Gasteiger partial charge on any atom is 0.419 e. The normalized spacial score (nSPS) is 15.5. The first-order valence-corrected chi connectivity index (χ1v) is 11.0. The fourth-order valence-corrected chi connectivity index (χ4v) is 4.05. The van der Waals surface area contributed by atoms with Crippen LogP contribution in [0.1, 0.15) is 24.0 Å². The van der Waals surface area contributed by atoms with E-state index in [4.69, 9.17) is 5.26 Å². The molecule has 1 fully saturated rings. The number of nitriles is 1. The van der Waals surface area contributed by atoms with Crippen molar-refractivity contribution < 1.29 is 22.4 Å². The maximum atomic E-state index is 13.7. The SMILES string of the molecule is N#Cc1cccc(-c2ccc(N(CC3CCCN3)C(=O)Nc3ccc(F)c(C(F)(F)F)c3)cc2)c1. The van der Waals surface area contributed by atoms with Crippen LogP contribution in [0.15, 0.2) is 66.7 Å². The molecule has 1 aliphatic rings. The number of halogens is 4. The van der Waals surface area contributed by atoms with Gasteiger partial charge in [-0.25, -0.2) is 9.18 Å². The van der Waals surface area contributed by atoms with E-state index in [1.165, 1.54) is 4.90 Å². The number of rotatable bonds is 5. The number of hydrogen-bond donors (Lipinski definition) is 2. The highest BCUT2D eigenvalue weighted by molar-refractivity contribution is 6.02. The molecule has 0 aromatic heterocycles. The lowest BCUT2D eigenvalue weighted by Gasteiger charge is -2.27. The van der Waals surface area contributed by atoms with Crippen LogP contribution in [0, 0.1) is 17.1 Å². The van der Waals surface area contributed by atoms with Crippen molar-refractivity contribution in [3.63, 3.8) is 0 Å². The third kappa shape index (κ3) is 5.78. The summed E-state index contributed by atoms with van der Waals surface area (Å²) in [6.45, 7) is 1.13. The zero-order valence-electron chi connectivity index (χ0n) is 18.6. The molecule has 1 saturated heterocycles. The summed E-state index contributed by atoms with van der Waals surface area (Å²) in [5.41, 5.74) is 1.17. The van der Waals surface area contributed by atoms with Crippen LogP contribution in [0.5, 0.6) is 0 Å². The Balaban J connectivity index is 1.60. The van der Waals surface area contributed by atoms with Gasteiger partial charge in [-0.2, -0.15) is 18.4 Å². The monoisotopic (exact) mass is 482 g/mol. The van der Waals surface area contributed by atoms with E-state index in [2.05, 4.69) is 16.7 Å². The van der Waals surface area contributed by atoms with E-state index in [1.54, 1.807) is 30.3 Å². The van der Waals surface area contributed by atoms with Gasteiger partial charge in [0.2, 0.25) is 0 Å². The summed E-state index contributed by atoms with van der Waals surface area (Å²) < 4.78 is 52.9. The summed E-state index contributed by atoms with van der Waals surface area (Å²) in [4.78, 5) is 14.6. The third-order valence-electron chi connectivity index (χ3n) is 5.84. The molecular formula is C26H22F4N4O. The molecule has 2 amide bonds. The Kier molecular flexibility index (Phi) is 7.03. The Morgan fingerprint density at radius 2 is 1.86 bits per heavy atom. The van der Waals surface area contributed by atoms with Crippen LogP contribution in [0.25, 0.3) is 11.1 Å². The van der Waals surface area contributed by atoms with Gasteiger partial charge < -0.3 is 10.6 Å². The quantitative estimate of drug-likeness (QED) is 0.427. The first-order valence-electron chi connectivity index (χ1n) is 11.0. The van der Waals surface area contributed by atoms with Crippen LogP contribution < -0.4 is 15.5 Å². The molecule has 9 heteroatoms. The highest BCUT2D eigenvalue weighted by Gasteiger charge is 2.34. The summed E-state index contributed by atoms with van der Waals surface area (Å²) in [5.74, 6) is -1.40. The second-order valence-electron chi connectivity index (χ2n) is 8.27. The molecule has 0 radical (unpaired) electrons. The van der Waals surface area contributed by atoms with Gasteiger partial charge in [0.25, 0.3) is 0 Å². The van der Waals surface area contributed by atoms with Gasteiger partial charge in [0.1, 0.15) is 5.82 Å². The number of benzene rings is 3. The van der Waals surface area contributed by atoms with Gasteiger partial charge in [0.05, 0.1) is 17.2 Å². The summed E-state index contributed by atoms with van der Waals surface area (Å²) in [6, 6.07) is 18.1. The summed E-state index contributed by atoms with van der Waals surface area (Å²) in [6.07, 6.45) is -3.06. The van der Waals surface area contributed by atoms with E-state index in [-0.39, 0.29) is 11.7 Å². The number of carbonyl (C=O) groups is 1. The van der Waals surface area contributed by atoms with Gasteiger partial charge in [-0.3, -0.25) is 4.90 Å². The van der Waals surface area contributed by atoms with Crippen molar-refractivity contribution in [2.24, 2.45) is 0 Å². The Morgan fingerprint density at radius 1 is 1.09 bits per heavy atom. The van der Waals surface area contributed by atoms with Crippen molar-refractivity contribution >= 4 is 17.4 Å². The van der Waals surface area contributed by atoms with E-state index in [0.717, 1.165) is 36.6 Å². The fourth-order valence-electron chi connectivity index (χ4n) is 4.05. The largest absolute Gasteiger partial charge is 0.419 e. The number of anilines is 2. The van der Waals surface area contributed by atoms with Crippen molar-refractivity contribution in [2.75, 3.05) is 23.3 Å². The number of alkyl halides is 3. The summed E-state index contributed by atoms with van der Waals surface area (Å²) in [5, 5.41) is 14.9. The summed E-state index contributed by atoms with van der Waals surface area (Å²) in [7, 11) is 0. The lowest BCUT2D eigenvalue weighted by molar-refractivity contribution is -0.139. The van der Waals surface area contributed by atoms with Crippen LogP contribution in [-0.2, 0) is 6.18 Å². The smallest absolute Gasteiger partial charge is 0.312 e. The zero-order valence-corrected chi connectivity index (χ0v) is 18.6. The maximum absolute atomic E-state index is 13.7. The molecule has 1 atom stereocenters. The fraction of sp³-hybridized carbons (Fsp3) is 0.231. The first-order chi connectivity index (χ1) is 16.7. The van der Waals surface area contributed by atoms with Gasteiger partial charge >= 0.3 is 12.2 Å². The topological polar surface area (TPSA) is 68.2 Å². The number of nitrogens with zero attached hydrogens (tertiary/aromatic N) is 2. The number of carbonyl (C=O) groups excluding carboxylic acids is 1. The standard InChI is InChI=1S/C26H22F4N4O/c27-24-11-8-20(14-23(24)26(28,29)30)33-25(35)34(16-21-5-2-12-32-21)22-9-6-18(7-10-22)19-4-1-3-17(13-19)15-31/h1,3-4,6-11,13-14,21,32H,2,5,12,16H2,(H,33,35). The van der Waals surface area contributed by atoms with Crippen molar-refractivity contribution in [1.29, 1.82) is 5.26 Å². The first kappa shape index (κ1) is 24.2. The number of amides is 2. The minimum Gasteiger partial charge on any atom is -0.312 e. The third-order valence-corrected chi connectivity index (χ3v) is 5.84. The van der Waals surface area contributed by atoms with Crippen molar-refractivity contribution in [3.8, 4) is 17.2 Å². The molecule has 2 N–H and O–H groups in total. The minimum atomic E-state index is -4.88. The molecule has 3 aromatic carbocycles. The summed E-state index contributed by atoms with van der Waals surface area (Å²) >= 11 is 0. The van der Waals surface area contributed by atoms with Crippen LogP contribution >= 0.6 is 0 Å². The minimum absolute atomic E-state index is 0.0340. The Morgan fingerprint density at radius 3 is 2.51 bits per heavy atom. The van der Waals surface area contributed by atoms with Crippen LogP contribution in [-0.4, -0.2) is 25.2 Å². The predicted octanol–water partition coefficient (Wildman–Crippen LogP) is 6.17. The Hall–Kier alpha value is -3.90. The van der Waals surface area contributed by atoms with E-state index >= 15 is 0 Å². The van der Waals surface area contributed by atoms with Crippen molar-refractivity contribution in [3.05, 3.63) is 83.7 Å². The molecule has 1 unspecified atom stereocenters. The van der Waals surface area contributed by atoms with Gasteiger partial charge in [-0.1, -0.05) is 24.3 Å². The van der Waals surface area contributed by atoms with Crippen molar-refractivity contribution in [1.82, 2.24) is 5.32 Å². The molecule has 3 aromatic rings. The average Bonchev–Trinajstić information content (AvgIpc) is 3.36. The highest BCUT2D eigenvalue weighted by atomic mass is 19.4. The van der Waals surface area contributed by atoms with Gasteiger partial charge in [0, 0.05) is 24.0 Å². The molecule has 4 rings (SSSR count). The van der Waals surface area contributed by atoms with E-state index < -0.39 is 23.6 Å². The van der Waals surface area contributed by atoms with E-state index in [9.17, 15) is 22.4 Å². The lowest BCUT2D eigenvalue weighted by atomic mass is 10.0. The zero-order chi connectivity index (χ0) is 25.0. The second-order valence-corrected chi connectivity index (χ2v) is 8.27. The molecule has 5 nitrogen and oxygen atoms in total. The second kappa shape index (κ2) is 10.2. The Labute approximate surface area is 200 Å². The molecule has 0 aliphatic carbocycles. The van der Waals surface area contributed by atoms with Crippen LogP contribution in [0.4, 0.5) is 33.7 Å². The average molecular weight is 482 g/mol. The molecule has 35 heavy (non-hydrogen) atoms. The number of nitrogens with one attached hydrogen (secondary N) is 2. The van der Waals surface area contributed by atoms with Gasteiger partial charge in [0.15, 0.2) is 0 Å². The molecule has 0 bridgehead atoms. The Bertz CT molecular complexity index is 1250. The van der Waals surface area contributed by atoms with Crippen LogP contribution in [0.2, 0.25) is 0 Å². The highest BCUT2D eigenvalue weighted by Crippen LogP contribution is 2.33. The van der Waals surface area contributed by atoms with E-state index in [0.29, 0.717) is 29.9 Å². The molecule has 180 valence electrons. The van der Waals surface area contributed by atoms with Gasteiger partial charge in [-0.05, 0) is 73.0 Å². The molecule has 0 saturated carbocycles. The van der Waals surface area contributed by atoms with Gasteiger partial charge in [-0.15, -0.1) is 0 Å². The van der Waals surface area contributed by atoms with Crippen LogP contribution in [0.3, 0.4) is 0 Å². The lowest BCUT2D eigenvalue weighted by Crippen LogP contribution is -2.43. The van der Waals surface area contributed by atoms with Crippen molar-refractivity contribution in [2.45, 2.75) is 25.1 Å². The predicted molar refractivity (Wildman–Crippen MR) is 125 cm³/mol. The molecule has 1 heterocycles. The molecule has 1 aliphatic heterocycles. The van der Waals surface area contributed by atoms with E-state index in [1.807, 2.05) is 18.2 Å². The number of urea groups is 1. The molecular weight excluding hydrogens is 460 g/mol.